The molecule has 3 heteroatoms. The number of rotatable bonds is 6. The molecule has 1 heterocycles. The van der Waals surface area contributed by atoms with Gasteiger partial charge in [-0.3, -0.25) is 0 Å². The Morgan fingerprint density at radius 1 is 1.28 bits per heavy atom. The van der Waals surface area contributed by atoms with Crippen LogP contribution in [-0.4, -0.2) is 31.1 Å². The van der Waals surface area contributed by atoms with E-state index in [1.165, 1.54) is 12.8 Å². The molecule has 1 fully saturated rings. The molecule has 0 aromatic heterocycles. The van der Waals surface area contributed by atoms with E-state index in [0.29, 0.717) is 0 Å². The molecule has 1 unspecified atom stereocenters. The predicted molar refractivity (Wildman–Crippen MR) is 73.1 cm³/mol. The first kappa shape index (κ1) is 13.5. The molecule has 1 atom stereocenters. The Balaban J connectivity index is 2.06. The first-order chi connectivity index (χ1) is 8.81. The van der Waals surface area contributed by atoms with Crippen molar-refractivity contribution in [2.75, 3.05) is 26.2 Å². The Kier molecular flexibility index (Phi) is 5.14. The van der Waals surface area contributed by atoms with Gasteiger partial charge >= 0.3 is 0 Å². The van der Waals surface area contributed by atoms with Gasteiger partial charge in [-0.2, -0.15) is 0 Å². The van der Waals surface area contributed by atoms with Gasteiger partial charge in [-0.15, -0.1) is 0 Å². The minimum Gasteiger partial charge on any atom is -0.309 e. The van der Waals surface area contributed by atoms with E-state index in [1.54, 1.807) is 12.1 Å². The van der Waals surface area contributed by atoms with Gasteiger partial charge < -0.3 is 10.2 Å². The maximum absolute atomic E-state index is 13.9. The second-order valence-corrected chi connectivity index (χ2v) is 5.04. The number of benzene rings is 1. The summed E-state index contributed by atoms with van der Waals surface area (Å²) in [6.07, 6.45) is 3.63. The average Bonchev–Trinajstić information content (AvgIpc) is 2.88. The highest BCUT2D eigenvalue weighted by Crippen LogP contribution is 2.20. The quantitative estimate of drug-likeness (QED) is 0.835. The zero-order valence-electron chi connectivity index (χ0n) is 11.2. The Morgan fingerprint density at radius 2 is 2.00 bits per heavy atom. The summed E-state index contributed by atoms with van der Waals surface area (Å²) >= 11 is 0. The van der Waals surface area contributed by atoms with Crippen LogP contribution < -0.4 is 5.32 Å². The van der Waals surface area contributed by atoms with E-state index in [9.17, 15) is 4.39 Å². The molecule has 1 N–H and O–H groups in total. The monoisotopic (exact) mass is 250 g/mol. The van der Waals surface area contributed by atoms with Gasteiger partial charge in [-0.1, -0.05) is 25.1 Å². The van der Waals surface area contributed by atoms with Gasteiger partial charge in [0.15, 0.2) is 0 Å². The minimum atomic E-state index is -0.0923. The second kappa shape index (κ2) is 6.86. The van der Waals surface area contributed by atoms with E-state index >= 15 is 0 Å². The molecule has 1 aromatic rings. The topological polar surface area (TPSA) is 15.3 Å². The Labute approximate surface area is 109 Å². The number of nitrogens with one attached hydrogen (secondary N) is 1. The molecular formula is C15H23FN2. The van der Waals surface area contributed by atoms with E-state index in [2.05, 4.69) is 17.1 Å². The summed E-state index contributed by atoms with van der Waals surface area (Å²) in [5.74, 6) is -0.0923. The highest BCUT2D eigenvalue weighted by molar-refractivity contribution is 5.21. The minimum absolute atomic E-state index is 0.0923. The lowest BCUT2D eigenvalue weighted by Gasteiger charge is -2.25. The van der Waals surface area contributed by atoms with Gasteiger partial charge in [0.2, 0.25) is 0 Å². The number of hydrogen-bond acceptors (Lipinski definition) is 2. The van der Waals surface area contributed by atoms with Crippen molar-refractivity contribution >= 4 is 0 Å². The molecule has 0 radical (unpaired) electrons. The number of halogens is 1. The molecule has 1 aliphatic rings. The predicted octanol–water partition coefficient (Wildman–Crippen LogP) is 2.96. The second-order valence-electron chi connectivity index (χ2n) is 5.04. The van der Waals surface area contributed by atoms with Crippen molar-refractivity contribution in [3.8, 4) is 0 Å². The van der Waals surface area contributed by atoms with Gasteiger partial charge in [0.05, 0.1) is 0 Å². The van der Waals surface area contributed by atoms with Crippen molar-refractivity contribution < 1.29 is 4.39 Å². The molecule has 18 heavy (non-hydrogen) atoms. The third-order valence-corrected chi connectivity index (χ3v) is 3.56. The van der Waals surface area contributed by atoms with Crippen LogP contribution in [0.4, 0.5) is 4.39 Å². The van der Waals surface area contributed by atoms with E-state index in [0.717, 1.165) is 38.2 Å². The Bertz CT molecular complexity index is 361. The third kappa shape index (κ3) is 3.53. The van der Waals surface area contributed by atoms with Crippen LogP contribution in [-0.2, 0) is 0 Å². The van der Waals surface area contributed by atoms with Crippen LogP contribution >= 0.6 is 0 Å². The fourth-order valence-corrected chi connectivity index (χ4v) is 2.57. The van der Waals surface area contributed by atoms with Gasteiger partial charge in [0.25, 0.3) is 0 Å². The first-order valence-corrected chi connectivity index (χ1v) is 7.01. The molecule has 0 aliphatic carbocycles. The molecular weight excluding hydrogens is 227 g/mol. The lowest BCUT2D eigenvalue weighted by Crippen LogP contribution is -2.34. The van der Waals surface area contributed by atoms with E-state index in [4.69, 9.17) is 0 Å². The van der Waals surface area contributed by atoms with Crippen molar-refractivity contribution in [1.82, 2.24) is 10.2 Å². The van der Waals surface area contributed by atoms with Crippen molar-refractivity contribution in [2.45, 2.75) is 32.2 Å². The summed E-state index contributed by atoms with van der Waals surface area (Å²) in [5, 5.41) is 3.47. The van der Waals surface area contributed by atoms with Crippen LogP contribution in [0.5, 0.6) is 0 Å². The summed E-state index contributed by atoms with van der Waals surface area (Å²) in [4.78, 5) is 2.43. The van der Waals surface area contributed by atoms with Crippen LogP contribution in [0.3, 0.4) is 0 Å². The molecule has 0 amide bonds. The van der Waals surface area contributed by atoms with Crippen LogP contribution in [0.1, 0.15) is 37.8 Å². The summed E-state index contributed by atoms with van der Waals surface area (Å²) in [6.45, 7) is 6.30. The highest BCUT2D eigenvalue weighted by atomic mass is 19.1. The highest BCUT2D eigenvalue weighted by Gasteiger charge is 2.20. The third-order valence-electron chi connectivity index (χ3n) is 3.56. The molecule has 1 aliphatic heterocycles. The number of hydrogen-bond donors (Lipinski definition) is 1. The Morgan fingerprint density at radius 3 is 2.67 bits per heavy atom. The van der Waals surface area contributed by atoms with Gasteiger partial charge in [-0.25, -0.2) is 4.39 Å². The standard InChI is InChI=1S/C15H23FN2/c1-2-9-17-15(12-18-10-5-6-11-18)13-7-3-4-8-14(13)16/h3-4,7-8,15,17H,2,5-6,9-12H2,1H3. The zero-order valence-corrected chi connectivity index (χ0v) is 11.2. The summed E-state index contributed by atoms with van der Waals surface area (Å²) in [5.41, 5.74) is 0.804. The number of nitrogens with zero attached hydrogens (tertiary/aromatic N) is 1. The Hall–Kier alpha value is -0.930. The number of likely N-dealkylation sites (tertiary alicyclic amines) is 1. The van der Waals surface area contributed by atoms with Crippen molar-refractivity contribution in [3.63, 3.8) is 0 Å². The van der Waals surface area contributed by atoms with E-state index in [1.807, 2.05) is 12.1 Å². The molecule has 0 bridgehead atoms. The summed E-state index contributed by atoms with van der Waals surface area (Å²) in [7, 11) is 0. The smallest absolute Gasteiger partial charge is 0.128 e. The zero-order chi connectivity index (χ0) is 12.8. The molecule has 2 rings (SSSR count). The maximum atomic E-state index is 13.9. The van der Waals surface area contributed by atoms with Gasteiger partial charge in [-0.05, 0) is 45.0 Å². The van der Waals surface area contributed by atoms with Gasteiger partial charge in [0, 0.05) is 18.2 Å². The fraction of sp³-hybridized carbons (Fsp3) is 0.600. The molecule has 2 nitrogen and oxygen atoms in total. The largest absolute Gasteiger partial charge is 0.309 e. The first-order valence-electron chi connectivity index (χ1n) is 7.01. The molecule has 0 saturated carbocycles. The fourth-order valence-electron chi connectivity index (χ4n) is 2.57. The van der Waals surface area contributed by atoms with Crippen molar-refractivity contribution in [1.29, 1.82) is 0 Å². The van der Waals surface area contributed by atoms with Crippen LogP contribution in [0.2, 0.25) is 0 Å². The molecule has 100 valence electrons. The molecule has 1 saturated heterocycles. The average molecular weight is 250 g/mol. The SMILES string of the molecule is CCCNC(CN1CCCC1)c1ccccc1F. The van der Waals surface area contributed by atoms with Crippen LogP contribution in [0, 0.1) is 5.82 Å². The summed E-state index contributed by atoms with van der Waals surface area (Å²) in [6, 6.07) is 7.25. The van der Waals surface area contributed by atoms with Crippen molar-refractivity contribution in [3.05, 3.63) is 35.6 Å². The normalized spacial score (nSPS) is 18.1. The van der Waals surface area contributed by atoms with Crippen molar-refractivity contribution in [2.24, 2.45) is 0 Å². The lowest BCUT2D eigenvalue weighted by molar-refractivity contribution is 0.289. The van der Waals surface area contributed by atoms with Crippen LogP contribution in [0.15, 0.2) is 24.3 Å². The van der Waals surface area contributed by atoms with Gasteiger partial charge in [0.1, 0.15) is 5.82 Å². The molecule has 1 aromatic carbocycles. The van der Waals surface area contributed by atoms with E-state index in [-0.39, 0.29) is 11.9 Å². The van der Waals surface area contributed by atoms with Crippen LogP contribution in [0.25, 0.3) is 0 Å². The lowest BCUT2D eigenvalue weighted by atomic mass is 10.1. The van der Waals surface area contributed by atoms with E-state index < -0.39 is 0 Å². The molecule has 0 spiro atoms. The summed E-state index contributed by atoms with van der Waals surface area (Å²) < 4.78 is 13.9. The maximum Gasteiger partial charge on any atom is 0.128 e.